The lowest BCUT2D eigenvalue weighted by molar-refractivity contribution is -0.143. The van der Waals surface area contributed by atoms with Crippen LogP contribution in [0.1, 0.15) is 13.3 Å². The molecule has 1 aliphatic heterocycles. The number of hydrogen-bond donors (Lipinski definition) is 3. The van der Waals surface area contributed by atoms with E-state index in [4.69, 9.17) is 0 Å². The van der Waals surface area contributed by atoms with Crippen LogP contribution in [-0.4, -0.2) is 23.6 Å². The van der Waals surface area contributed by atoms with Gasteiger partial charge in [0.05, 0.1) is 0 Å². The lowest BCUT2D eigenvalue weighted by Crippen LogP contribution is -2.61. The van der Waals surface area contributed by atoms with E-state index in [0.717, 1.165) is 0 Å². The molecule has 0 unspecified atom stereocenters. The Bertz CT molecular complexity index is 257. The minimum Gasteiger partial charge on any atom is -0.277 e. The summed E-state index contributed by atoms with van der Waals surface area (Å²) >= 11 is 3.94. The van der Waals surface area contributed by atoms with Gasteiger partial charge in [-0.2, -0.15) is 12.6 Å². The van der Waals surface area contributed by atoms with Crippen LogP contribution in [0.3, 0.4) is 0 Å². The van der Waals surface area contributed by atoms with Crippen LogP contribution in [-0.2, 0) is 9.59 Å². The molecule has 1 aliphatic rings. The van der Waals surface area contributed by atoms with Gasteiger partial charge in [0.15, 0.2) is 0 Å². The summed E-state index contributed by atoms with van der Waals surface area (Å²) in [6, 6.07) is -0.758. The first kappa shape index (κ1) is 10.0. The van der Waals surface area contributed by atoms with Crippen molar-refractivity contribution < 1.29 is 14.4 Å². The van der Waals surface area contributed by atoms with Gasteiger partial charge in [-0.3, -0.25) is 20.2 Å². The van der Waals surface area contributed by atoms with E-state index < -0.39 is 23.3 Å². The lowest BCUT2D eigenvalue weighted by atomic mass is 9.84. The van der Waals surface area contributed by atoms with Gasteiger partial charge < -0.3 is 0 Å². The van der Waals surface area contributed by atoms with Gasteiger partial charge in [0, 0.05) is 0 Å². The highest BCUT2D eigenvalue weighted by Gasteiger charge is 2.45. The van der Waals surface area contributed by atoms with Crippen molar-refractivity contribution in [2.24, 2.45) is 5.41 Å². The molecule has 0 atom stereocenters. The predicted octanol–water partition coefficient (Wildman–Crippen LogP) is -0.321. The van der Waals surface area contributed by atoms with Crippen molar-refractivity contribution >= 4 is 30.5 Å². The number of thiol groups is 1. The maximum atomic E-state index is 11.3. The van der Waals surface area contributed by atoms with Gasteiger partial charge in [0.1, 0.15) is 5.41 Å². The van der Waals surface area contributed by atoms with Gasteiger partial charge in [-0.05, 0) is 19.1 Å². The topological polar surface area (TPSA) is 75.3 Å². The smallest absolute Gasteiger partial charge is 0.277 e. The van der Waals surface area contributed by atoms with Crippen molar-refractivity contribution in [3.8, 4) is 0 Å². The van der Waals surface area contributed by atoms with E-state index in [2.05, 4.69) is 12.6 Å². The first-order valence-electron chi connectivity index (χ1n) is 3.78. The first-order chi connectivity index (χ1) is 6.00. The fourth-order valence-electron chi connectivity index (χ4n) is 1.07. The Morgan fingerprint density at radius 1 is 1.23 bits per heavy atom. The molecule has 0 radical (unpaired) electrons. The fraction of sp³-hybridized carbons (Fsp3) is 0.571. The molecule has 1 fully saturated rings. The van der Waals surface area contributed by atoms with Crippen molar-refractivity contribution in [1.29, 1.82) is 0 Å². The van der Waals surface area contributed by atoms with Gasteiger partial charge in [0.25, 0.3) is 0 Å². The summed E-state index contributed by atoms with van der Waals surface area (Å²) in [5, 5.41) is 4.08. The third-order valence-corrected chi connectivity index (χ3v) is 2.29. The standard InChI is InChI=1S/C7H10N2O3S/c1-7(2-3-13)4(10)8-6(12)9-5(7)11/h13H,2-3H2,1H3,(H2,8,9,10,11,12). The molecular weight excluding hydrogens is 192 g/mol. The quantitative estimate of drug-likeness (QED) is 0.424. The van der Waals surface area contributed by atoms with E-state index in [1.54, 1.807) is 0 Å². The highest BCUT2D eigenvalue weighted by atomic mass is 32.1. The number of imide groups is 2. The van der Waals surface area contributed by atoms with Crippen LogP contribution >= 0.6 is 12.6 Å². The second-order valence-electron chi connectivity index (χ2n) is 3.04. The van der Waals surface area contributed by atoms with Crippen LogP contribution in [0.15, 0.2) is 0 Å². The number of amides is 4. The van der Waals surface area contributed by atoms with Crippen molar-refractivity contribution in [2.45, 2.75) is 13.3 Å². The summed E-state index contributed by atoms with van der Waals surface area (Å²) in [5.41, 5.74) is -1.17. The predicted molar refractivity (Wildman–Crippen MR) is 48.3 cm³/mol. The second-order valence-corrected chi connectivity index (χ2v) is 3.49. The molecule has 1 saturated heterocycles. The average molecular weight is 202 g/mol. The molecule has 0 aromatic rings. The Morgan fingerprint density at radius 2 is 1.69 bits per heavy atom. The van der Waals surface area contributed by atoms with E-state index in [-0.39, 0.29) is 0 Å². The number of nitrogens with one attached hydrogen (secondary N) is 2. The molecule has 5 nitrogen and oxygen atoms in total. The molecule has 72 valence electrons. The van der Waals surface area contributed by atoms with Crippen LogP contribution in [0.4, 0.5) is 4.79 Å². The minimum absolute atomic E-state index is 0.307. The molecule has 1 heterocycles. The molecule has 1 rings (SSSR count). The van der Waals surface area contributed by atoms with Gasteiger partial charge in [-0.15, -0.1) is 0 Å². The number of rotatable bonds is 2. The highest BCUT2D eigenvalue weighted by Crippen LogP contribution is 2.24. The van der Waals surface area contributed by atoms with Crippen LogP contribution in [0, 0.1) is 5.41 Å². The molecule has 0 bridgehead atoms. The molecule has 0 spiro atoms. The Kier molecular flexibility index (Phi) is 2.60. The lowest BCUT2D eigenvalue weighted by Gasteiger charge is -2.29. The maximum Gasteiger partial charge on any atom is 0.328 e. The van der Waals surface area contributed by atoms with Crippen molar-refractivity contribution in [2.75, 3.05) is 5.75 Å². The summed E-state index contributed by atoms with van der Waals surface area (Å²) in [6.07, 6.45) is 0.307. The van der Waals surface area contributed by atoms with Gasteiger partial charge in [-0.25, -0.2) is 4.79 Å². The molecule has 0 aromatic carbocycles. The highest BCUT2D eigenvalue weighted by molar-refractivity contribution is 7.80. The maximum absolute atomic E-state index is 11.3. The van der Waals surface area contributed by atoms with Gasteiger partial charge in [0.2, 0.25) is 11.8 Å². The molecule has 13 heavy (non-hydrogen) atoms. The summed E-state index contributed by atoms with van der Waals surface area (Å²) < 4.78 is 0. The van der Waals surface area contributed by atoms with Crippen LogP contribution in [0.2, 0.25) is 0 Å². The second kappa shape index (κ2) is 3.37. The molecule has 4 amide bonds. The normalized spacial score (nSPS) is 20.9. The average Bonchev–Trinajstić information content (AvgIpc) is 2.01. The first-order valence-corrected chi connectivity index (χ1v) is 4.41. The number of carbonyl (C=O) groups is 3. The van der Waals surface area contributed by atoms with Crippen LogP contribution < -0.4 is 10.6 Å². The summed E-state index contributed by atoms with van der Waals surface area (Å²) in [7, 11) is 0. The molecule has 0 aliphatic carbocycles. The Morgan fingerprint density at radius 3 is 2.08 bits per heavy atom. The SMILES string of the molecule is CC1(CCS)C(=O)NC(=O)NC1=O. The largest absolute Gasteiger partial charge is 0.328 e. The molecule has 2 N–H and O–H groups in total. The number of barbiturate groups is 1. The van der Waals surface area contributed by atoms with E-state index in [9.17, 15) is 14.4 Å². The van der Waals surface area contributed by atoms with Crippen LogP contribution in [0.25, 0.3) is 0 Å². The van der Waals surface area contributed by atoms with Crippen molar-refractivity contribution in [1.82, 2.24) is 10.6 Å². The van der Waals surface area contributed by atoms with Gasteiger partial charge >= 0.3 is 6.03 Å². The zero-order valence-electron chi connectivity index (χ0n) is 7.09. The number of carbonyl (C=O) groups excluding carboxylic acids is 3. The fourth-order valence-corrected chi connectivity index (χ4v) is 1.51. The summed E-state index contributed by atoms with van der Waals surface area (Å²) in [4.78, 5) is 33.3. The van der Waals surface area contributed by atoms with Gasteiger partial charge in [-0.1, -0.05) is 0 Å². The number of urea groups is 1. The van der Waals surface area contributed by atoms with E-state index in [0.29, 0.717) is 12.2 Å². The number of hydrogen-bond acceptors (Lipinski definition) is 4. The van der Waals surface area contributed by atoms with E-state index >= 15 is 0 Å². The molecule has 0 aromatic heterocycles. The molecule has 6 heteroatoms. The molecular formula is C7H10N2O3S. The summed E-state index contributed by atoms with van der Waals surface area (Å²) in [6.45, 7) is 1.49. The molecule has 0 saturated carbocycles. The monoisotopic (exact) mass is 202 g/mol. The zero-order valence-corrected chi connectivity index (χ0v) is 7.98. The van der Waals surface area contributed by atoms with Crippen molar-refractivity contribution in [3.63, 3.8) is 0 Å². The van der Waals surface area contributed by atoms with Crippen molar-refractivity contribution in [3.05, 3.63) is 0 Å². The summed E-state index contributed by atoms with van der Waals surface area (Å²) in [5.74, 6) is -0.712. The zero-order chi connectivity index (χ0) is 10.1. The third kappa shape index (κ3) is 1.67. The van der Waals surface area contributed by atoms with Crippen LogP contribution in [0.5, 0.6) is 0 Å². The third-order valence-electron chi connectivity index (χ3n) is 2.07. The Balaban J connectivity index is 2.89. The van der Waals surface area contributed by atoms with E-state index in [1.165, 1.54) is 6.92 Å². The minimum atomic E-state index is -1.17. The Labute approximate surface area is 80.7 Å². The van der Waals surface area contributed by atoms with E-state index in [1.807, 2.05) is 10.6 Å². The Hall–Kier alpha value is -1.04.